The fourth-order valence-corrected chi connectivity index (χ4v) is 3.38. The Morgan fingerprint density at radius 3 is 2.65 bits per heavy atom. The van der Waals surface area contributed by atoms with Gasteiger partial charge in [0.05, 0.1) is 3.79 Å². The second-order valence-electron chi connectivity index (χ2n) is 4.53. The molecule has 0 spiro atoms. The highest BCUT2D eigenvalue weighted by Gasteiger charge is 2.10. The summed E-state index contributed by atoms with van der Waals surface area (Å²) in [6.07, 6.45) is 1.17. The van der Waals surface area contributed by atoms with Crippen LogP contribution in [0.3, 0.4) is 0 Å². The molecule has 1 aromatic heterocycles. The first kappa shape index (κ1) is 15.2. The van der Waals surface area contributed by atoms with Gasteiger partial charge in [-0.25, -0.2) is 0 Å². The van der Waals surface area contributed by atoms with Crippen molar-refractivity contribution in [3.63, 3.8) is 0 Å². The van der Waals surface area contributed by atoms with Gasteiger partial charge < -0.3 is 11.1 Å². The molecular weight excluding hydrogens is 336 g/mol. The standard InChI is InChI=1S/C15H17BrN2OS/c16-14-7-6-12(20-14)8-9-18-15(19)10-13(17)11-4-2-1-3-5-11/h1-7,13H,8-10,17H2,(H,18,19). The van der Waals surface area contributed by atoms with Crippen molar-refractivity contribution in [3.8, 4) is 0 Å². The average molecular weight is 353 g/mol. The van der Waals surface area contributed by atoms with E-state index >= 15 is 0 Å². The number of carbonyl (C=O) groups excluding carboxylic acids is 1. The van der Waals surface area contributed by atoms with Crippen LogP contribution in [0.4, 0.5) is 0 Å². The van der Waals surface area contributed by atoms with Gasteiger partial charge >= 0.3 is 0 Å². The number of hydrogen-bond acceptors (Lipinski definition) is 3. The number of benzene rings is 1. The smallest absolute Gasteiger partial charge is 0.221 e. The van der Waals surface area contributed by atoms with Crippen molar-refractivity contribution in [1.82, 2.24) is 5.32 Å². The summed E-state index contributed by atoms with van der Waals surface area (Å²) < 4.78 is 1.12. The summed E-state index contributed by atoms with van der Waals surface area (Å²) in [4.78, 5) is 13.1. The zero-order valence-corrected chi connectivity index (χ0v) is 13.4. The third kappa shape index (κ3) is 4.74. The Balaban J connectivity index is 1.73. The topological polar surface area (TPSA) is 55.1 Å². The van der Waals surface area contributed by atoms with Crippen LogP contribution >= 0.6 is 27.3 Å². The molecule has 2 rings (SSSR count). The van der Waals surface area contributed by atoms with Gasteiger partial charge in [0.2, 0.25) is 5.91 Å². The maximum absolute atomic E-state index is 11.8. The summed E-state index contributed by atoms with van der Waals surface area (Å²) in [5.41, 5.74) is 7.01. The predicted molar refractivity (Wildman–Crippen MR) is 86.7 cm³/mol. The molecule has 0 aliphatic heterocycles. The second-order valence-corrected chi connectivity index (χ2v) is 7.07. The number of hydrogen-bond donors (Lipinski definition) is 2. The zero-order valence-electron chi connectivity index (χ0n) is 11.0. The van der Waals surface area contributed by atoms with Crippen LogP contribution in [0.5, 0.6) is 0 Å². The predicted octanol–water partition coefficient (Wildman–Crippen LogP) is 3.26. The first-order valence-electron chi connectivity index (χ1n) is 6.46. The molecule has 3 nitrogen and oxygen atoms in total. The summed E-state index contributed by atoms with van der Waals surface area (Å²) in [7, 11) is 0. The van der Waals surface area contributed by atoms with E-state index in [1.54, 1.807) is 11.3 Å². The van der Waals surface area contributed by atoms with E-state index in [1.807, 2.05) is 36.4 Å². The van der Waals surface area contributed by atoms with Crippen molar-refractivity contribution in [3.05, 3.63) is 56.7 Å². The minimum atomic E-state index is -0.243. The lowest BCUT2D eigenvalue weighted by atomic mass is 10.0. The lowest BCUT2D eigenvalue weighted by Crippen LogP contribution is -2.29. The molecular formula is C15H17BrN2OS. The number of nitrogens with one attached hydrogen (secondary N) is 1. The molecule has 0 aliphatic carbocycles. The van der Waals surface area contributed by atoms with Gasteiger partial charge in [-0.15, -0.1) is 11.3 Å². The van der Waals surface area contributed by atoms with Crippen molar-refractivity contribution in [2.45, 2.75) is 18.9 Å². The molecule has 1 aromatic carbocycles. The Labute approximate surface area is 131 Å². The minimum absolute atomic E-state index is 0.00280. The molecule has 0 bridgehead atoms. The van der Waals surface area contributed by atoms with E-state index in [-0.39, 0.29) is 11.9 Å². The largest absolute Gasteiger partial charge is 0.356 e. The Hall–Kier alpha value is -1.17. The van der Waals surface area contributed by atoms with Crippen LogP contribution in [0, 0.1) is 0 Å². The zero-order chi connectivity index (χ0) is 14.4. The first-order chi connectivity index (χ1) is 9.65. The highest BCUT2D eigenvalue weighted by Crippen LogP contribution is 2.22. The molecule has 1 atom stereocenters. The second kappa shape index (κ2) is 7.57. The van der Waals surface area contributed by atoms with Gasteiger partial charge in [0.1, 0.15) is 0 Å². The average Bonchev–Trinajstić information content (AvgIpc) is 2.85. The molecule has 106 valence electrons. The molecule has 0 fully saturated rings. The van der Waals surface area contributed by atoms with Crippen LogP contribution in [-0.2, 0) is 11.2 Å². The summed E-state index contributed by atoms with van der Waals surface area (Å²) in [5, 5.41) is 2.91. The summed E-state index contributed by atoms with van der Waals surface area (Å²) >= 11 is 5.12. The number of amides is 1. The highest BCUT2D eigenvalue weighted by atomic mass is 79.9. The quantitative estimate of drug-likeness (QED) is 0.838. The van der Waals surface area contributed by atoms with Gasteiger partial charge in [-0.2, -0.15) is 0 Å². The molecule has 0 aliphatic rings. The van der Waals surface area contributed by atoms with Gasteiger partial charge in [0, 0.05) is 23.9 Å². The van der Waals surface area contributed by atoms with E-state index in [2.05, 4.69) is 27.3 Å². The van der Waals surface area contributed by atoms with E-state index in [0.717, 1.165) is 15.8 Å². The maximum Gasteiger partial charge on any atom is 0.221 e. The third-order valence-corrected chi connectivity index (χ3v) is 4.64. The molecule has 1 unspecified atom stereocenters. The summed E-state index contributed by atoms with van der Waals surface area (Å²) in [6.45, 7) is 0.646. The molecule has 0 saturated carbocycles. The lowest BCUT2D eigenvalue weighted by molar-refractivity contribution is -0.121. The summed E-state index contributed by atoms with van der Waals surface area (Å²) in [6, 6.07) is 13.5. The molecule has 2 aromatic rings. The Morgan fingerprint density at radius 2 is 2.00 bits per heavy atom. The molecule has 1 amide bonds. The van der Waals surface area contributed by atoms with E-state index in [4.69, 9.17) is 5.73 Å². The lowest BCUT2D eigenvalue weighted by Gasteiger charge is -2.11. The molecule has 0 radical (unpaired) electrons. The van der Waals surface area contributed by atoms with Crippen molar-refractivity contribution in [1.29, 1.82) is 0 Å². The first-order valence-corrected chi connectivity index (χ1v) is 8.07. The Bertz CT molecular complexity index is 556. The van der Waals surface area contributed by atoms with Gasteiger partial charge in [0.25, 0.3) is 0 Å². The van der Waals surface area contributed by atoms with Crippen LogP contribution in [-0.4, -0.2) is 12.5 Å². The fraction of sp³-hybridized carbons (Fsp3) is 0.267. The maximum atomic E-state index is 11.8. The van der Waals surface area contributed by atoms with Gasteiger partial charge in [-0.05, 0) is 40.0 Å². The van der Waals surface area contributed by atoms with Crippen molar-refractivity contribution < 1.29 is 4.79 Å². The van der Waals surface area contributed by atoms with Crippen molar-refractivity contribution >= 4 is 33.2 Å². The normalized spacial score (nSPS) is 12.1. The molecule has 0 saturated heterocycles. The van der Waals surface area contributed by atoms with E-state index in [1.165, 1.54) is 4.88 Å². The Kier molecular flexibility index (Phi) is 5.76. The Morgan fingerprint density at radius 1 is 1.25 bits per heavy atom. The third-order valence-electron chi connectivity index (χ3n) is 2.96. The minimum Gasteiger partial charge on any atom is -0.356 e. The van der Waals surface area contributed by atoms with Crippen LogP contribution in [0.25, 0.3) is 0 Å². The van der Waals surface area contributed by atoms with Crippen LogP contribution < -0.4 is 11.1 Å². The molecule has 1 heterocycles. The monoisotopic (exact) mass is 352 g/mol. The van der Waals surface area contributed by atoms with Gasteiger partial charge in [-0.3, -0.25) is 4.79 Å². The van der Waals surface area contributed by atoms with Crippen molar-refractivity contribution in [2.24, 2.45) is 5.73 Å². The van der Waals surface area contributed by atoms with E-state index < -0.39 is 0 Å². The van der Waals surface area contributed by atoms with E-state index in [9.17, 15) is 4.79 Å². The number of halogens is 1. The fourth-order valence-electron chi connectivity index (χ4n) is 1.90. The van der Waals surface area contributed by atoms with Gasteiger partial charge in [0.15, 0.2) is 0 Å². The molecule has 5 heteroatoms. The van der Waals surface area contributed by atoms with Gasteiger partial charge in [-0.1, -0.05) is 30.3 Å². The van der Waals surface area contributed by atoms with Crippen LogP contribution in [0.1, 0.15) is 22.9 Å². The molecule has 3 N–H and O–H groups in total. The number of carbonyl (C=O) groups is 1. The summed E-state index contributed by atoms with van der Waals surface area (Å²) in [5.74, 6) is -0.00280. The van der Waals surface area contributed by atoms with Crippen molar-refractivity contribution in [2.75, 3.05) is 6.54 Å². The van der Waals surface area contributed by atoms with Crippen LogP contribution in [0.15, 0.2) is 46.3 Å². The SMILES string of the molecule is NC(CC(=O)NCCc1ccc(Br)s1)c1ccccc1. The van der Waals surface area contributed by atoms with E-state index in [0.29, 0.717) is 13.0 Å². The number of rotatable bonds is 6. The van der Waals surface area contributed by atoms with Crippen LogP contribution in [0.2, 0.25) is 0 Å². The highest BCUT2D eigenvalue weighted by molar-refractivity contribution is 9.11. The molecule has 20 heavy (non-hydrogen) atoms. The number of nitrogens with two attached hydrogens (primary N) is 1. The number of thiophene rings is 1.